The molecule has 0 bridgehead atoms. The Labute approximate surface area is 95.4 Å². The summed E-state index contributed by atoms with van der Waals surface area (Å²) in [4.78, 5) is 0. The van der Waals surface area contributed by atoms with Crippen molar-refractivity contribution in [2.45, 2.75) is 13.3 Å². The molecule has 1 aliphatic rings. The lowest BCUT2D eigenvalue weighted by Crippen LogP contribution is -2.37. The van der Waals surface area contributed by atoms with Crippen LogP contribution in [0.3, 0.4) is 0 Å². The number of rotatable bonds is 2. The van der Waals surface area contributed by atoms with Crippen LogP contribution in [0.2, 0.25) is 0 Å². The molecule has 6 heteroatoms. The van der Waals surface area contributed by atoms with E-state index in [0.717, 1.165) is 17.5 Å². The fourth-order valence-corrected chi connectivity index (χ4v) is 2.89. The third kappa shape index (κ3) is 1.64. The topological polar surface area (TPSA) is 75.4 Å². The summed E-state index contributed by atoms with van der Waals surface area (Å²) in [6.07, 6.45) is 0.733. The number of nitrogens with zero attached hydrogens (tertiary/aromatic N) is 1. The van der Waals surface area contributed by atoms with Gasteiger partial charge in [-0.15, -0.1) is 0 Å². The first-order chi connectivity index (χ1) is 7.45. The van der Waals surface area contributed by atoms with Crippen LogP contribution in [0.4, 0.5) is 11.4 Å². The second-order valence-corrected chi connectivity index (χ2v) is 5.67. The van der Waals surface area contributed by atoms with Gasteiger partial charge in [-0.25, -0.2) is 4.72 Å². The summed E-state index contributed by atoms with van der Waals surface area (Å²) in [7, 11) is -2.01. The minimum atomic E-state index is -3.41. The molecular weight excluding hydrogens is 226 g/mol. The Bertz CT molecular complexity index is 525. The summed E-state index contributed by atoms with van der Waals surface area (Å²) in [5, 5.41) is 0. The summed E-state index contributed by atoms with van der Waals surface area (Å²) in [5.41, 5.74) is 9.13. The molecule has 16 heavy (non-hydrogen) atoms. The predicted molar refractivity (Wildman–Crippen MR) is 64.6 cm³/mol. The number of nitrogens with one attached hydrogen (secondary N) is 1. The standard InChI is InChI=1S/C10H15N3O2S/c1-7-5-8-3-4-13(16(14,15)12-2)10(8)6-9(7)11/h5-6,12H,3-4,11H2,1-2H3. The first kappa shape index (κ1) is 11.2. The van der Waals surface area contributed by atoms with Crippen LogP contribution in [0.25, 0.3) is 0 Å². The van der Waals surface area contributed by atoms with Crippen molar-refractivity contribution in [3.05, 3.63) is 23.3 Å². The van der Waals surface area contributed by atoms with E-state index in [1.54, 1.807) is 6.07 Å². The Morgan fingerprint density at radius 3 is 2.75 bits per heavy atom. The van der Waals surface area contributed by atoms with Crippen LogP contribution < -0.4 is 14.8 Å². The van der Waals surface area contributed by atoms with E-state index in [9.17, 15) is 8.42 Å². The number of hydrogen-bond acceptors (Lipinski definition) is 3. The molecule has 88 valence electrons. The second-order valence-electron chi connectivity index (χ2n) is 3.87. The molecule has 0 radical (unpaired) electrons. The van der Waals surface area contributed by atoms with Crippen LogP contribution in [0.15, 0.2) is 12.1 Å². The first-order valence-electron chi connectivity index (χ1n) is 5.06. The first-order valence-corrected chi connectivity index (χ1v) is 6.50. The van der Waals surface area contributed by atoms with Crippen molar-refractivity contribution in [1.82, 2.24) is 4.72 Å². The zero-order valence-electron chi connectivity index (χ0n) is 9.32. The third-order valence-corrected chi connectivity index (χ3v) is 4.34. The van der Waals surface area contributed by atoms with E-state index in [4.69, 9.17) is 5.73 Å². The quantitative estimate of drug-likeness (QED) is 0.736. The molecule has 5 nitrogen and oxygen atoms in total. The Balaban J connectivity index is 2.52. The van der Waals surface area contributed by atoms with Gasteiger partial charge in [-0.2, -0.15) is 8.42 Å². The van der Waals surface area contributed by atoms with Crippen molar-refractivity contribution in [2.75, 3.05) is 23.6 Å². The van der Waals surface area contributed by atoms with E-state index < -0.39 is 10.2 Å². The number of nitrogen functional groups attached to an aromatic ring is 1. The molecule has 0 unspecified atom stereocenters. The van der Waals surface area contributed by atoms with Gasteiger partial charge in [-0.05, 0) is 30.5 Å². The molecule has 0 aliphatic carbocycles. The van der Waals surface area contributed by atoms with Crippen molar-refractivity contribution in [3.63, 3.8) is 0 Å². The van der Waals surface area contributed by atoms with Gasteiger partial charge in [-0.1, -0.05) is 6.07 Å². The molecule has 0 saturated heterocycles. The van der Waals surface area contributed by atoms with Gasteiger partial charge < -0.3 is 5.73 Å². The van der Waals surface area contributed by atoms with E-state index in [1.807, 2.05) is 13.0 Å². The third-order valence-electron chi connectivity index (χ3n) is 2.87. The average molecular weight is 241 g/mol. The van der Waals surface area contributed by atoms with Crippen LogP contribution in [0, 0.1) is 6.92 Å². The van der Waals surface area contributed by atoms with E-state index in [1.165, 1.54) is 11.4 Å². The maximum Gasteiger partial charge on any atom is 0.301 e. The number of hydrogen-bond donors (Lipinski definition) is 2. The molecule has 2 rings (SSSR count). The Kier molecular flexibility index (Phi) is 2.55. The van der Waals surface area contributed by atoms with Crippen molar-refractivity contribution < 1.29 is 8.42 Å². The maximum absolute atomic E-state index is 11.7. The lowest BCUT2D eigenvalue weighted by atomic mass is 10.1. The lowest BCUT2D eigenvalue weighted by Gasteiger charge is -2.19. The summed E-state index contributed by atoms with van der Waals surface area (Å²) in [5.74, 6) is 0. The maximum atomic E-state index is 11.7. The molecule has 0 atom stereocenters. The Morgan fingerprint density at radius 1 is 1.44 bits per heavy atom. The molecular formula is C10H15N3O2S. The average Bonchev–Trinajstić information content (AvgIpc) is 2.62. The molecule has 0 spiro atoms. The molecule has 1 aliphatic heterocycles. The van der Waals surface area contributed by atoms with Gasteiger partial charge in [0, 0.05) is 19.3 Å². The minimum Gasteiger partial charge on any atom is -0.398 e. The van der Waals surface area contributed by atoms with Gasteiger partial charge in [0.05, 0.1) is 5.69 Å². The molecule has 1 heterocycles. The summed E-state index contributed by atoms with van der Waals surface area (Å²) < 4.78 is 27.1. The van der Waals surface area contributed by atoms with Gasteiger partial charge in [0.25, 0.3) is 0 Å². The number of nitrogens with two attached hydrogens (primary N) is 1. The van der Waals surface area contributed by atoms with E-state index in [-0.39, 0.29) is 0 Å². The van der Waals surface area contributed by atoms with Crippen LogP contribution >= 0.6 is 0 Å². The van der Waals surface area contributed by atoms with E-state index in [2.05, 4.69) is 4.72 Å². The minimum absolute atomic E-state index is 0.474. The zero-order valence-corrected chi connectivity index (χ0v) is 10.1. The van der Waals surface area contributed by atoms with Crippen molar-refractivity contribution in [1.29, 1.82) is 0 Å². The second kappa shape index (κ2) is 3.64. The number of aryl methyl sites for hydroxylation is 1. The van der Waals surface area contributed by atoms with Crippen LogP contribution in [-0.2, 0) is 16.6 Å². The molecule has 1 aromatic rings. The lowest BCUT2D eigenvalue weighted by molar-refractivity contribution is 0.584. The highest BCUT2D eigenvalue weighted by molar-refractivity contribution is 7.90. The van der Waals surface area contributed by atoms with Gasteiger partial charge in [-0.3, -0.25) is 4.31 Å². The van der Waals surface area contributed by atoms with E-state index in [0.29, 0.717) is 17.9 Å². The number of anilines is 2. The van der Waals surface area contributed by atoms with Crippen LogP contribution in [0.5, 0.6) is 0 Å². The molecule has 0 fully saturated rings. The molecule has 0 saturated carbocycles. The Morgan fingerprint density at radius 2 is 2.12 bits per heavy atom. The largest absolute Gasteiger partial charge is 0.398 e. The summed E-state index contributed by atoms with van der Waals surface area (Å²) >= 11 is 0. The van der Waals surface area contributed by atoms with Crippen molar-refractivity contribution >= 4 is 21.6 Å². The highest BCUT2D eigenvalue weighted by Crippen LogP contribution is 2.33. The molecule has 3 N–H and O–H groups in total. The zero-order chi connectivity index (χ0) is 11.9. The monoisotopic (exact) mass is 241 g/mol. The summed E-state index contributed by atoms with van der Waals surface area (Å²) in [6, 6.07) is 3.68. The van der Waals surface area contributed by atoms with Crippen molar-refractivity contribution in [3.8, 4) is 0 Å². The van der Waals surface area contributed by atoms with Gasteiger partial charge in [0.15, 0.2) is 0 Å². The Hall–Kier alpha value is -1.27. The molecule has 0 amide bonds. The van der Waals surface area contributed by atoms with Gasteiger partial charge >= 0.3 is 10.2 Å². The smallest absolute Gasteiger partial charge is 0.301 e. The SMILES string of the molecule is CNS(=O)(=O)N1CCc2cc(C)c(N)cc21. The number of fused-ring (bicyclic) bond motifs is 1. The fraction of sp³-hybridized carbons (Fsp3) is 0.400. The highest BCUT2D eigenvalue weighted by Gasteiger charge is 2.28. The predicted octanol–water partition coefficient (Wildman–Crippen LogP) is 0.404. The normalized spacial score (nSPS) is 15.2. The van der Waals surface area contributed by atoms with Gasteiger partial charge in [0.1, 0.15) is 0 Å². The molecule has 1 aromatic carbocycles. The van der Waals surface area contributed by atoms with Crippen LogP contribution in [-0.4, -0.2) is 22.0 Å². The van der Waals surface area contributed by atoms with Crippen LogP contribution in [0.1, 0.15) is 11.1 Å². The van der Waals surface area contributed by atoms with Crippen molar-refractivity contribution in [2.24, 2.45) is 0 Å². The highest BCUT2D eigenvalue weighted by atomic mass is 32.2. The summed E-state index contributed by atoms with van der Waals surface area (Å²) in [6.45, 7) is 2.40. The number of benzene rings is 1. The van der Waals surface area contributed by atoms with Gasteiger partial charge in [0.2, 0.25) is 0 Å². The fourth-order valence-electron chi connectivity index (χ4n) is 1.91. The molecule has 0 aromatic heterocycles. The van der Waals surface area contributed by atoms with E-state index >= 15 is 0 Å².